The minimum Gasteiger partial charge on any atom is -0.432 e. The molecule has 3 aromatic rings. The van der Waals surface area contributed by atoms with Crippen LogP contribution in [0.5, 0.6) is 5.75 Å². The number of unbranched alkanes of at least 4 members (excludes halogenated alkanes) is 2. The van der Waals surface area contributed by atoms with Gasteiger partial charge in [-0.15, -0.1) is 0 Å². The number of benzene rings is 3. The topological polar surface area (TPSA) is 9.23 Å². The molecule has 0 aliphatic heterocycles. The standard InChI is InChI=1S/C37H41F7O/c1-2-3-4-5-24-6-8-25(9-7-24)26-10-12-27(13-11-26)28-14-17-30(18-15-28)37(43,44)45-31-19-20-32(34(38)23-31)29-16-21-33(35(39)22-29)36(40,41)42/h10-13,16,19-25,28,30H,2-9,14-15,17-18H2,1H3. The molecule has 0 N–H and O–H groups in total. The number of hydrogen-bond donors (Lipinski definition) is 0. The van der Waals surface area contributed by atoms with Crippen molar-refractivity contribution in [3.05, 3.63) is 89.0 Å². The van der Waals surface area contributed by atoms with Crippen LogP contribution in [0.4, 0.5) is 30.7 Å². The number of alkyl halides is 5. The Balaban J connectivity index is 1.13. The lowest BCUT2D eigenvalue weighted by Crippen LogP contribution is -2.37. The van der Waals surface area contributed by atoms with Crippen LogP contribution < -0.4 is 4.74 Å². The highest BCUT2D eigenvalue weighted by atomic mass is 19.4. The van der Waals surface area contributed by atoms with E-state index in [0.717, 1.165) is 30.2 Å². The second-order valence-corrected chi connectivity index (χ2v) is 12.9. The first kappa shape index (κ1) is 33.3. The summed E-state index contributed by atoms with van der Waals surface area (Å²) in [5, 5.41) is 0. The van der Waals surface area contributed by atoms with Gasteiger partial charge in [-0.2, -0.15) is 22.0 Å². The fourth-order valence-corrected chi connectivity index (χ4v) is 7.22. The van der Waals surface area contributed by atoms with Gasteiger partial charge in [0.2, 0.25) is 0 Å². The van der Waals surface area contributed by atoms with Crippen LogP contribution in [0.25, 0.3) is 11.1 Å². The first-order valence-corrected chi connectivity index (χ1v) is 16.3. The van der Waals surface area contributed by atoms with Crippen molar-refractivity contribution in [2.75, 3.05) is 0 Å². The predicted molar refractivity (Wildman–Crippen MR) is 162 cm³/mol. The van der Waals surface area contributed by atoms with Gasteiger partial charge in [0, 0.05) is 11.6 Å². The molecular weight excluding hydrogens is 593 g/mol. The highest BCUT2D eigenvalue weighted by Gasteiger charge is 2.44. The molecule has 1 nitrogen and oxygen atoms in total. The molecule has 3 aromatic carbocycles. The van der Waals surface area contributed by atoms with Gasteiger partial charge >= 0.3 is 12.3 Å². The van der Waals surface area contributed by atoms with Crippen molar-refractivity contribution in [3.63, 3.8) is 0 Å². The zero-order valence-electron chi connectivity index (χ0n) is 25.6. The summed E-state index contributed by atoms with van der Waals surface area (Å²) in [7, 11) is 0. The minimum absolute atomic E-state index is 0.146. The van der Waals surface area contributed by atoms with E-state index >= 15 is 8.78 Å². The molecule has 0 radical (unpaired) electrons. The molecule has 2 aliphatic carbocycles. The average Bonchev–Trinajstić information content (AvgIpc) is 3.01. The second kappa shape index (κ2) is 14.2. The number of halogens is 7. The molecular formula is C37H41F7O. The third-order valence-electron chi connectivity index (χ3n) is 9.92. The summed E-state index contributed by atoms with van der Waals surface area (Å²) in [4.78, 5) is 0. The summed E-state index contributed by atoms with van der Waals surface area (Å²) in [6, 6.07) is 13.8. The average molecular weight is 635 g/mol. The van der Waals surface area contributed by atoms with Gasteiger partial charge in [-0.1, -0.05) is 62.9 Å². The van der Waals surface area contributed by atoms with Crippen LogP contribution in [0.15, 0.2) is 60.7 Å². The van der Waals surface area contributed by atoms with Gasteiger partial charge < -0.3 is 4.74 Å². The lowest BCUT2D eigenvalue weighted by Gasteiger charge is -2.33. The molecule has 0 atom stereocenters. The van der Waals surface area contributed by atoms with Crippen LogP contribution in [-0.2, 0) is 6.18 Å². The molecule has 244 valence electrons. The number of hydrogen-bond acceptors (Lipinski definition) is 1. The lowest BCUT2D eigenvalue weighted by atomic mass is 9.75. The van der Waals surface area contributed by atoms with Crippen molar-refractivity contribution in [1.82, 2.24) is 0 Å². The quantitative estimate of drug-likeness (QED) is 0.159. The van der Waals surface area contributed by atoms with Crippen LogP contribution in [0.1, 0.15) is 112 Å². The summed E-state index contributed by atoms with van der Waals surface area (Å²) in [6.07, 6.45) is 3.62. The minimum atomic E-state index is -4.89. The number of ether oxygens (including phenoxy) is 1. The summed E-state index contributed by atoms with van der Waals surface area (Å²) >= 11 is 0. The molecule has 0 aromatic heterocycles. The van der Waals surface area contributed by atoms with Crippen LogP contribution in [0.3, 0.4) is 0 Å². The Labute approximate surface area is 261 Å². The van der Waals surface area contributed by atoms with Crippen molar-refractivity contribution < 1.29 is 35.5 Å². The van der Waals surface area contributed by atoms with E-state index in [1.165, 1.54) is 62.5 Å². The van der Waals surface area contributed by atoms with Crippen molar-refractivity contribution >= 4 is 0 Å². The highest BCUT2D eigenvalue weighted by molar-refractivity contribution is 5.65. The SMILES string of the molecule is CCCCCC1CCC(c2ccc(C3CCC(C(F)(F)Oc4ccc(-c5ccc(C(F)(F)F)c(F)c5)c(F)c4)CC3)cc2)CC1. The highest BCUT2D eigenvalue weighted by Crippen LogP contribution is 2.44. The fraction of sp³-hybridized carbons (Fsp3) is 0.514. The normalized spacial score (nSPS) is 22.8. The van der Waals surface area contributed by atoms with Crippen LogP contribution in [0, 0.1) is 23.5 Å². The van der Waals surface area contributed by atoms with Gasteiger partial charge in [0.1, 0.15) is 17.4 Å². The van der Waals surface area contributed by atoms with Crippen LogP contribution in [0.2, 0.25) is 0 Å². The molecule has 2 aliphatic rings. The zero-order chi connectivity index (χ0) is 32.2. The van der Waals surface area contributed by atoms with Gasteiger partial charge in [0.15, 0.2) is 0 Å². The van der Waals surface area contributed by atoms with E-state index in [-0.39, 0.29) is 29.9 Å². The third-order valence-corrected chi connectivity index (χ3v) is 9.92. The Morgan fingerprint density at radius 3 is 1.80 bits per heavy atom. The molecule has 2 fully saturated rings. The molecule has 0 heterocycles. The lowest BCUT2D eigenvalue weighted by molar-refractivity contribution is -0.222. The first-order chi connectivity index (χ1) is 21.4. The summed E-state index contributed by atoms with van der Waals surface area (Å²) in [5.74, 6) is -2.33. The van der Waals surface area contributed by atoms with Crippen molar-refractivity contribution in [1.29, 1.82) is 0 Å². The van der Waals surface area contributed by atoms with Crippen LogP contribution in [-0.4, -0.2) is 6.11 Å². The smallest absolute Gasteiger partial charge is 0.419 e. The van der Waals surface area contributed by atoms with E-state index < -0.39 is 41.2 Å². The second-order valence-electron chi connectivity index (χ2n) is 12.9. The Hall–Kier alpha value is -3.03. The van der Waals surface area contributed by atoms with E-state index in [9.17, 15) is 22.0 Å². The van der Waals surface area contributed by atoms with E-state index in [2.05, 4.69) is 31.2 Å². The molecule has 0 unspecified atom stereocenters. The molecule has 0 saturated heterocycles. The van der Waals surface area contributed by atoms with Gasteiger partial charge in [-0.25, -0.2) is 8.78 Å². The summed E-state index contributed by atoms with van der Waals surface area (Å²) < 4.78 is 103. The predicted octanol–water partition coefficient (Wildman–Crippen LogP) is 12.5. The van der Waals surface area contributed by atoms with E-state index in [4.69, 9.17) is 4.74 Å². The Kier molecular flexibility index (Phi) is 10.5. The Morgan fingerprint density at radius 1 is 0.667 bits per heavy atom. The molecule has 45 heavy (non-hydrogen) atoms. The van der Waals surface area contributed by atoms with Gasteiger partial charge in [-0.05, 0) is 110 Å². The third kappa shape index (κ3) is 8.23. The first-order valence-electron chi connectivity index (χ1n) is 16.3. The molecule has 2 saturated carbocycles. The molecule has 8 heteroatoms. The molecule has 0 bridgehead atoms. The van der Waals surface area contributed by atoms with Crippen molar-refractivity contribution in [2.24, 2.45) is 11.8 Å². The van der Waals surface area contributed by atoms with Gasteiger partial charge in [0.05, 0.1) is 11.5 Å². The molecule has 5 rings (SSSR count). The van der Waals surface area contributed by atoms with E-state index in [0.29, 0.717) is 30.9 Å². The van der Waals surface area contributed by atoms with Crippen LogP contribution >= 0.6 is 0 Å². The zero-order valence-corrected chi connectivity index (χ0v) is 25.6. The summed E-state index contributed by atoms with van der Waals surface area (Å²) in [6.45, 7) is 2.24. The maximum Gasteiger partial charge on any atom is 0.419 e. The number of rotatable bonds is 10. The van der Waals surface area contributed by atoms with Gasteiger partial charge in [0.25, 0.3) is 0 Å². The molecule has 0 amide bonds. The Bertz CT molecular complexity index is 1400. The van der Waals surface area contributed by atoms with Crippen molar-refractivity contribution in [3.8, 4) is 16.9 Å². The van der Waals surface area contributed by atoms with Crippen molar-refractivity contribution in [2.45, 2.75) is 108 Å². The molecule has 0 spiro atoms. The maximum absolute atomic E-state index is 15.2. The monoisotopic (exact) mass is 634 g/mol. The fourth-order valence-electron chi connectivity index (χ4n) is 7.22. The van der Waals surface area contributed by atoms with E-state index in [1.54, 1.807) is 0 Å². The summed E-state index contributed by atoms with van der Waals surface area (Å²) in [5.41, 5.74) is 0.712. The Morgan fingerprint density at radius 2 is 1.27 bits per heavy atom. The maximum atomic E-state index is 15.2. The largest absolute Gasteiger partial charge is 0.432 e. The van der Waals surface area contributed by atoms with Gasteiger partial charge in [-0.3, -0.25) is 0 Å². The van der Waals surface area contributed by atoms with E-state index in [1.807, 2.05) is 0 Å².